The van der Waals surface area contributed by atoms with E-state index in [1.165, 1.54) is 0 Å². The highest BCUT2D eigenvalue weighted by Crippen LogP contribution is 2.36. The van der Waals surface area contributed by atoms with Crippen LogP contribution >= 0.6 is 0 Å². The third-order valence-corrected chi connectivity index (χ3v) is 6.20. The molecule has 0 aliphatic carbocycles. The Bertz CT molecular complexity index is 1210. The summed E-state index contributed by atoms with van der Waals surface area (Å²) in [5, 5.41) is 3.35. The predicted molar refractivity (Wildman–Crippen MR) is 118 cm³/mol. The molecule has 2 aromatic heterocycles. The van der Waals surface area contributed by atoms with Crippen molar-refractivity contribution in [1.82, 2.24) is 9.97 Å². The molecule has 0 unspecified atom stereocenters. The minimum Gasteiger partial charge on any atom is -0.399 e. The summed E-state index contributed by atoms with van der Waals surface area (Å²) in [6.45, 7) is 8.27. The fourth-order valence-electron chi connectivity index (χ4n) is 3.75. The van der Waals surface area contributed by atoms with Crippen molar-refractivity contribution in [2.75, 3.05) is 0 Å². The Morgan fingerprint density at radius 2 is 1.59 bits per heavy atom. The monoisotopic (exact) mass is 382 g/mol. The van der Waals surface area contributed by atoms with Gasteiger partial charge in [0.2, 0.25) is 0 Å². The lowest BCUT2D eigenvalue weighted by molar-refractivity contribution is 0.00578. The van der Waals surface area contributed by atoms with Gasteiger partial charge < -0.3 is 9.31 Å². The summed E-state index contributed by atoms with van der Waals surface area (Å²) in [6.07, 6.45) is 3.72. The number of pyridine rings is 2. The molecule has 1 aliphatic rings. The zero-order chi connectivity index (χ0) is 20.2. The molecule has 0 atom stereocenters. The molecule has 0 spiro atoms. The maximum absolute atomic E-state index is 6.21. The number of nitrogens with zero attached hydrogens (tertiary/aromatic N) is 2. The Morgan fingerprint density at radius 1 is 0.828 bits per heavy atom. The van der Waals surface area contributed by atoms with Crippen LogP contribution in [0.2, 0.25) is 0 Å². The maximum atomic E-state index is 6.21. The van der Waals surface area contributed by atoms with Crippen LogP contribution in [-0.2, 0) is 9.31 Å². The van der Waals surface area contributed by atoms with Crippen LogP contribution in [0, 0.1) is 0 Å². The molecule has 5 rings (SSSR count). The van der Waals surface area contributed by atoms with Gasteiger partial charge in [-0.3, -0.25) is 4.98 Å². The number of fused-ring (bicyclic) bond motifs is 2. The Labute approximate surface area is 171 Å². The van der Waals surface area contributed by atoms with E-state index >= 15 is 0 Å². The van der Waals surface area contributed by atoms with Gasteiger partial charge in [-0.05, 0) is 56.7 Å². The lowest BCUT2D eigenvalue weighted by Gasteiger charge is -2.32. The lowest BCUT2D eigenvalue weighted by Crippen LogP contribution is -2.41. The van der Waals surface area contributed by atoms with Gasteiger partial charge in [-0.1, -0.05) is 36.4 Å². The summed E-state index contributed by atoms with van der Waals surface area (Å²) < 4.78 is 12.4. The quantitative estimate of drug-likeness (QED) is 0.470. The SMILES string of the molecule is CC1(C)OB(c2ccc3ccc(-c4cccc5ccncc45)nc3c2)OC1(C)C. The molecule has 0 amide bonds. The smallest absolute Gasteiger partial charge is 0.399 e. The fourth-order valence-corrected chi connectivity index (χ4v) is 3.75. The summed E-state index contributed by atoms with van der Waals surface area (Å²) in [7, 11) is -0.392. The van der Waals surface area contributed by atoms with Crippen molar-refractivity contribution in [2.24, 2.45) is 0 Å². The molecule has 1 saturated heterocycles. The molecule has 5 heteroatoms. The Kier molecular flexibility index (Phi) is 4.02. The van der Waals surface area contributed by atoms with Gasteiger partial charge in [0.1, 0.15) is 0 Å². The molecule has 0 bridgehead atoms. The fraction of sp³-hybridized carbons (Fsp3) is 0.250. The minimum absolute atomic E-state index is 0.363. The van der Waals surface area contributed by atoms with E-state index < -0.39 is 7.12 Å². The van der Waals surface area contributed by atoms with Gasteiger partial charge in [-0.2, -0.15) is 0 Å². The zero-order valence-corrected chi connectivity index (χ0v) is 17.1. The van der Waals surface area contributed by atoms with Crippen LogP contribution in [-0.4, -0.2) is 28.3 Å². The van der Waals surface area contributed by atoms with Gasteiger partial charge in [-0.15, -0.1) is 0 Å². The van der Waals surface area contributed by atoms with Crippen molar-refractivity contribution < 1.29 is 9.31 Å². The summed E-state index contributed by atoms with van der Waals surface area (Å²) in [6, 6.07) is 18.7. The zero-order valence-electron chi connectivity index (χ0n) is 17.1. The minimum atomic E-state index is -0.392. The highest BCUT2D eigenvalue weighted by molar-refractivity contribution is 6.62. The van der Waals surface area contributed by atoms with Gasteiger partial charge >= 0.3 is 7.12 Å². The first-order chi connectivity index (χ1) is 13.8. The van der Waals surface area contributed by atoms with Crippen molar-refractivity contribution in [3.63, 3.8) is 0 Å². The molecule has 144 valence electrons. The highest BCUT2D eigenvalue weighted by Gasteiger charge is 2.51. The van der Waals surface area contributed by atoms with Crippen molar-refractivity contribution in [1.29, 1.82) is 0 Å². The molecule has 0 N–H and O–H groups in total. The second-order valence-electron chi connectivity index (χ2n) is 8.64. The summed E-state index contributed by atoms with van der Waals surface area (Å²) in [4.78, 5) is 9.26. The summed E-state index contributed by atoms with van der Waals surface area (Å²) in [5.74, 6) is 0. The van der Waals surface area contributed by atoms with Crippen molar-refractivity contribution in [2.45, 2.75) is 38.9 Å². The third kappa shape index (κ3) is 3.02. The van der Waals surface area contributed by atoms with Crippen LogP contribution in [0.1, 0.15) is 27.7 Å². The number of hydrogen-bond acceptors (Lipinski definition) is 4. The van der Waals surface area contributed by atoms with E-state index in [0.717, 1.165) is 38.4 Å². The first-order valence-electron chi connectivity index (χ1n) is 9.94. The molecule has 1 aliphatic heterocycles. The van der Waals surface area contributed by atoms with Crippen molar-refractivity contribution >= 4 is 34.3 Å². The normalized spacial score (nSPS) is 17.9. The van der Waals surface area contributed by atoms with Crippen LogP contribution < -0.4 is 5.46 Å². The molecule has 4 aromatic rings. The van der Waals surface area contributed by atoms with E-state index in [1.807, 2.05) is 18.5 Å². The summed E-state index contributed by atoms with van der Waals surface area (Å²) >= 11 is 0. The average molecular weight is 382 g/mol. The molecule has 4 nitrogen and oxygen atoms in total. The van der Waals surface area contributed by atoms with Gasteiger partial charge in [0.15, 0.2) is 0 Å². The molecular formula is C24H23BN2O2. The van der Waals surface area contributed by atoms with E-state index in [0.29, 0.717) is 0 Å². The molecule has 3 heterocycles. The van der Waals surface area contributed by atoms with E-state index in [-0.39, 0.29) is 11.2 Å². The lowest BCUT2D eigenvalue weighted by atomic mass is 9.78. The Morgan fingerprint density at radius 3 is 2.38 bits per heavy atom. The average Bonchev–Trinajstić information content (AvgIpc) is 2.94. The molecule has 2 aromatic carbocycles. The predicted octanol–water partition coefficient (Wildman–Crippen LogP) is 4.75. The van der Waals surface area contributed by atoms with E-state index in [9.17, 15) is 0 Å². The Balaban J connectivity index is 1.59. The number of aromatic nitrogens is 2. The van der Waals surface area contributed by atoms with Gasteiger partial charge in [-0.25, -0.2) is 4.98 Å². The standard InChI is InChI=1S/C24H23BN2O2/c1-23(2)24(3,4)29-25(28-23)18-10-8-17-9-11-21(27-22(17)14-18)19-7-5-6-16-12-13-26-15-20(16)19/h5-15H,1-4H3. The number of rotatable bonds is 2. The first-order valence-corrected chi connectivity index (χ1v) is 9.94. The number of benzene rings is 2. The second-order valence-corrected chi connectivity index (χ2v) is 8.64. The van der Waals surface area contributed by atoms with Gasteiger partial charge in [0.05, 0.1) is 22.4 Å². The third-order valence-electron chi connectivity index (χ3n) is 6.20. The van der Waals surface area contributed by atoms with E-state index in [1.54, 1.807) is 0 Å². The topological polar surface area (TPSA) is 44.2 Å². The molecule has 0 saturated carbocycles. The van der Waals surface area contributed by atoms with Crippen LogP contribution in [0.25, 0.3) is 32.9 Å². The van der Waals surface area contributed by atoms with Crippen molar-refractivity contribution in [3.05, 3.63) is 67.0 Å². The molecule has 29 heavy (non-hydrogen) atoms. The molecule has 1 fully saturated rings. The van der Waals surface area contributed by atoms with Gasteiger partial charge in [0.25, 0.3) is 0 Å². The van der Waals surface area contributed by atoms with Crippen LogP contribution in [0.5, 0.6) is 0 Å². The van der Waals surface area contributed by atoms with E-state index in [2.05, 4.69) is 81.2 Å². The highest BCUT2D eigenvalue weighted by atomic mass is 16.7. The first kappa shape index (κ1) is 18.3. The molecular weight excluding hydrogens is 359 g/mol. The molecule has 0 radical (unpaired) electrons. The van der Waals surface area contributed by atoms with Crippen LogP contribution in [0.3, 0.4) is 0 Å². The van der Waals surface area contributed by atoms with Crippen molar-refractivity contribution in [3.8, 4) is 11.3 Å². The number of hydrogen-bond donors (Lipinski definition) is 0. The van der Waals surface area contributed by atoms with Crippen LogP contribution in [0.15, 0.2) is 67.0 Å². The maximum Gasteiger partial charge on any atom is 0.494 e. The largest absolute Gasteiger partial charge is 0.494 e. The summed E-state index contributed by atoms with van der Waals surface area (Å²) in [5.41, 5.74) is 3.20. The van der Waals surface area contributed by atoms with Gasteiger partial charge in [0, 0.05) is 28.7 Å². The Hall–Kier alpha value is -2.76. The second kappa shape index (κ2) is 6.38. The van der Waals surface area contributed by atoms with E-state index in [4.69, 9.17) is 14.3 Å². The van der Waals surface area contributed by atoms with Crippen LogP contribution in [0.4, 0.5) is 0 Å².